The molecule has 0 bridgehead atoms. The maximum absolute atomic E-state index is 2.78. The molecule has 0 nitrogen and oxygen atoms in total. The fourth-order valence-electron chi connectivity index (χ4n) is 8.12. The van der Waals surface area contributed by atoms with Crippen LogP contribution in [0, 0.1) is 21.4 Å². The van der Waals surface area contributed by atoms with E-state index in [1.807, 2.05) is 0 Å². The molecule has 0 spiro atoms. The van der Waals surface area contributed by atoms with Crippen LogP contribution in [0.3, 0.4) is 0 Å². The Kier molecular flexibility index (Phi) is 7.88. The molecule has 2 aliphatic heterocycles. The van der Waals surface area contributed by atoms with Crippen LogP contribution in [0.15, 0.2) is 206 Å². The summed E-state index contributed by atoms with van der Waals surface area (Å²) in [4.78, 5) is 0. The molecule has 8 aromatic rings. The molecule has 2 heterocycles. The van der Waals surface area contributed by atoms with Gasteiger partial charge in [0.25, 0.3) is 0 Å². The van der Waals surface area contributed by atoms with Crippen molar-refractivity contribution in [2.24, 2.45) is 0 Å². The second-order valence-corrected chi connectivity index (χ2v) is 27.2. The Morgan fingerprint density at radius 2 is 0.549 bits per heavy atom. The molecular formula is C48H34I2Si. The second-order valence-electron chi connectivity index (χ2n) is 13.0. The quantitative estimate of drug-likeness (QED) is 0.0887. The van der Waals surface area contributed by atoms with E-state index in [1.165, 1.54) is 50.1 Å². The topological polar surface area (TPSA) is 0 Å². The zero-order valence-corrected chi connectivity index (χ0v) is 33.2. The number of halogens is 2. The van der Waals surface area contributed by atoms with E-state index in [0.717, 1.165) is 0 Å². The number of hydrogen-bond donors (Lipinski definition) is 0. The molecule has 0 atom stereocenters. The van der Waals surface area contributed by atoms with Gasteiger partial charge >= 0.3 is 318 Å². The summed E-state index contributed by atoms with van der Waals surface area (Å²) >= 11 is -3.86. The van der Waals surface area contributed by atoms with Gasteiger partial charge in [-0.25, -0.2) is 0 Å². The molecule has 0 aromatic heterocycles. The van der Waals surface area contributed by atoms with Gasteiger partial charge in [0.2, 0.25) is 0 Å². The summed E-state index contributed by atoms with van der Waals surface area (Å²) in [5.41, 5.74) is 5.70. The molecule has 10 rings (SSSR count). The summed E-state index contributed by atoms with van der Waals surface area (Å²) in [6, 6.07) is 79.3. The van der Waals surface area contributed by atoms with Gasteiger partial charge < -0.3 is 0 Å². The van der Waals surface area contributed by atoms with Crippen molar-refractivity contribution in [2.45, 2.75) is 0 Å². The van der Waals surface area contributed by atoms with Gasteiger partial charge in [0, 0.05) is 0 Å². The van der Waals surface area contributed by atoms with Crippen LogP contribution >= 0.6 is 39.6 Å². The van der Waals surface area contributed by atoms with Crippen LogP contribution in [-0.2, 0) is 0 Å². The molecule has 8 aromatic carbocycles. The minimum atomic E-state index is -2.78. The molecule has 244 valence electrons. The molecule has 0 radical (unpaired) electrons. The standard InChI is InChI=1S/C48H34I2Si/c1-3-19-37(20-4-1)51(38-21-5-2-6-22-38,39-23-15-17-35(33-39)49-45-29-11-7-25-41(45)42-26-8-12-30-46(42)49)40-24-16-18-36(34-40)50-47-31-13-9-27-43(47)44-28-10-14-32-48(44)50/h1-34H. The van der Waals surface area contributed by atoms with Crippen LogP contribution < -0.4 is 20.7 Å². The second kappa shape index (κ2) is 12.9. The first-order valence-electron chi connectivity index (χ1n) is 17.4. The normalized spacial score (nSPS) is 14.0. The first kappa shape index (κ1) is 31.2. The van der Waals surface area contributed by atoms with Crippen molar-refractivity contribution in [1.82, 2.24) is 0 Å². The Morgan fingerprint density at radius 1 is 0.255 bits per heavy atom. The molecule has 0 saturated carbocycles. The summed E-state index contributed by atoms with van der Waals surface area (Å²) in [6.45, 7) is 0. The van der Waals surface area contributed by atoms with Gasteiger partial charge in [-0.1, -0.05) is 0 Å². The van der Waals surface area contributed by atoms with Crippen LogP contribution in [0.5, 0.6) is 0 Å². The Hall–Kier alpha value is -4.56. The summed E-state index contributed by atoms with van der Waals surface area (Å²) < 4.78 is 9.25. The molecule has 51 heavy (non-hydrogen) atoms. The summed E-state index contributed by atoms with van der Waals surface area (Å²) in [6.07, 6.45) is 0. The molecule has 0 aliphatic carbocycles. The predicted molar refractivity (Wildman–Crippen MR) is 234 cm³/mol. The molecule has 0 fully saturated rings. The van der Waals surface area contributed by atoms with Crippen molar-refractivity contribution in [1.29, 1.82) is 0 Å². The van der Waals surface area contributed by atoms with Crippen molar-refractivity contribution in [3.8, 4) is 22.3 Å². The van der Waals surface area contributed by atoms with E-state index in [0.29, 0.717) is 0 Å². The van der Waals surface area contributed by atoms with Crippen molar-refractivity contribution >= 4 is 68.5 Å². The summed E-state index contributed by atoms with van der Waals surface area (Å²) in [5.74, 6) is 0. The molecule has 0 amide bonds. The summed E-state index contributed by atoms with van der Waals surface area (Å²) in [7, 11) is -2.78. The van der Waals surface area contributed by atoms with Crippen molar-refractivity contribution in [2.75, 3.05) is 0 Å². The molecule has 0 unspecified atom stereocenters. The van der Waals surface area contributed by atoms with Gasteiger partial charge in [0.05, 0.1) is 0 Å². The van der Waals surface area contributed by atoms with Crippen LogP contribution in [-0.4, -0.2) is 8.07 Å². The minimum absolute atomic E-state index is 1.42. The molecular weight excluding hydrogens is 858 g/mol. The Morgan fingerprint density at radius 3 is 0.902 bits per heavy atom. The van der Waals surface area contributed by atoms with Gasteiger partial charge in [0.15, 0.2) is 0 Å². The Balaban J connectivity index is 1.23. The SMILES string of the molecule is c1ccc([Si](c2ccccc2)(c2cccc(I3c4ccccc4-c4ccccc43)c2)c2cccc(I3c4ccccc4-c4ccccc43)c2)cc1. The molecule has 0 saturated heterocycles. The fraction of sp³-hybridized carbons (Fsp3) is 0. The number of benzene rings is 8. The third kappa shape index (κ3) is 4.96. The van der Waals surface area contributed by atoms with E-state index in [4.69, 9.17) is 0 Å². The third-order valence-corrected chi connectivity index (χ3v) is 27.3. The monoisotopic (exact) mass is 892 g/mol. The average Bonchev–Trinajstić information content (AvgIpc) is 3.73. The van der Waals surface area contributed by atoms with E-state index < -0.39 is 47.7 Å². The number of fused-ring (bicyclic) bond motifs is 6. The first-order valence-corrected chi connectivity index (χ1v) is 25.9. The zero-order valence-electron chi connectivity index (χ0n) is 27.9. The van der Waals surface area contributed by atoms with Crippen molar-refractivity contribution in [3.05, 3.63) is 228 Å². The van der Waals surface area contributed by atoms with Gasteiger partial charge in [-0.3, -0.25) is 0 Å². The average molecular weight is 893 g/mol. The number of hydrogen-bond acceptors (Lipinski definition) is 0. The maximum atomic E-state index is 2.64. The van der Waals surface area contributed by atoms with Gasteiger partial charge in [-0.2, -0.15) is 0 Å². The van der Waals surface area contributed by atoms with E-state index in [2.05, 4.69) is 206 Å². The molecule has 2 aliphatic rings. The van der Waals surface area contributed by atoms with Crippen LogP contribution in [0.1, 0.15) is 0 Å². The van der Waals surface area contributed by atoms with Gasteiger partial charge in [-0.05, 0) is 0 Å². The van der Waals surface area contributed by atoms with Crippen LogP contribution in [0.4, 0.5) is 0 Å². The van der Waals surface area contributed by atoms with E-state index in [-0.39, 0.29) is 0 Å². The molecule has 3 heteroatoms. The number of rotatable bonds is 6. The van der Waals surface area contributed by atoms with Crippen LogP contribution in [0.2, 0.25) is 0 Å². The zero-order chi connectivity index (χ0) is 33.8. The molecule has 0 N–H and O–H groups in total. The van der Waals surface area contributed by atoms with Gasteiger partial charge in [-0.15, -0.1) is 0 Å². The van der Waals surface area contributed by atoms with Gasteiger partial charge in [0.1, 0.15) is 0 Å². The first-order chi connectivity index (χ1) is 25.3. The van der Waals surface area contributed by atoms with E-state index >= 15 is 0 Å². The predicted octanol–water partition coefficient (Wildman–Crippen LogP) is 9.86. The van der Waals surface area contributed by atoms with Crippen molar-refractivity contribution < 1.29 is 0 Å². The Labute approximate surface area is 315 Å². The van der Waals surface area contributed by atoms with E-state index in [1.54, 1.807) is 14.3 Å². The summed E-state index contributed by atoms with van der Waals surface area (Å²) in [5, 5.41) is 5.78. The van der Waals surface area contributed by atoms with Crippen molar-refractivity contribution in [3.63, 3.8) is 0 Å². The van der Waals surface area contributed by atoms with E-state index in [9.17, 15) is 0 Å². The van der Waals surface area contributed by atoms with Crippen LogP contribution in [0.25, 0.3) is 22.3 Å². The Bertz CT molecular complexity index is 2290. The third-order valence-electron chi connectivity index (χ3n) is 10.3. The fourth-order valence-corrected chi connectivity index (χ4v) is 26.4.